The zero-order valence-electron chi connectivity index (χ0n) is 14.8. The molecular weight excluding hydrogens is 408 g/mol. The third-order valence-corrected chi connectivity index (χ3v) is 4.71. The lowest BCUT2D eigenvalue weighted by molar-refractivity contribution is -0.120. The van der Waals surface area contributed by atoms with Crippen LogP contribution in [-0.2, 0) is 11.2 Å². The molecule has 0 aliphatic carbocycles. The first-order chi connectivity index (χ1) is 13.1. The first kappa shape index (κ1) is 18.9. The molecule has 0 aliphatic heterocycles. The second kappa shape index (κ2) is 8.68. The number of hydrazone groups is 1. The van der Waals surface area contributed by atoms with Crippen LogP contribution in [-0.4, -0.2) is 23.8 Å². The molecule has 0 saturated carbocycles. The molecule has 0 aromatic heterocycles. The number of nitrogens with one attached hydrogen (secondary N) is 1. The van der Waals surface area contributed by atoms with E-state index in [4.69, 9.17) is 4.74 Å². The van der Waals surface area contributed by atoms with E-state index in [1.807, 2.05) is 43.3 Å². The summed E-state index contributed by atoms with van der Waals surface area (Å²) in [5.74, 6) is 0.389. The Morgan fingerprint density at radius 2 is 1.96 bits per heavy atom. The maximum Gasteiger partial charge on any atom is 0.244 e. The Bertz CT molecular complexity index is 1000. The average Bonchev–Trinajstić information content (AvgIpc) is 2.66. The van der Waals surface area contributed by atoms with Crippen LogP contribution in [0.15, 0.2) is 64.2 Å². The molecule has 0 bridgehead atoms. The summed E-state index contributed by atoms with van der Waals surface area (Å²) in [5, 5.41) is 16.0. The molecule has 0 aliphatic rings. The lowest BCUT2D eigenvalue weighted by Crippen LogP contribution is -2.19. The molecule has 6 heteroatoms. The summed E-state index contributed by atoms with van der Waals surface area (Å²) in [5.41, 5.74) is 3.92. The SMILES string of the molecule is CCOc1ccc(/C=N\NC(=O)Cc2ccc(Br)c3ccccc23)c(O)c1. The Kier molecular flexibility index (Phi) is 6.08. The molecule has 3 aromatic rings. The van der Waals surface area contributed by atoms with Crippen molar-refractivity contribution in [3.63, 3.8) is 0 Å². The minimum absolute atomic E-state index is 0.0397. The van der Waals surface area contributed by atoms with Crippen molar-refractivity contribution in [1.82, 2.24) is 5.43 Å². The number of hydrogen-bond donors (Lipinski definition) is 2. The Morgan fingerprint density at radius 3 is 2.70 bits per heavy atom. The number of fused-ring (bicyclic) bond motifs is 1. The van der Waals surface area contributed by atoms with Crippen LogP contribution >= 0.6 is 15.9 Å². The van der Waals surface area contributed by atoms with Crippen molar-refractivity contribution < 1.29 is 14.6 Å². The molecule has 2 N–H and O–H groups in total. The lowest BCUT2D eigenvalue weighted by atomic mass is 10.0. The summed E-state index contributed by atoms with van der Waals surface area (Å²) in [6.07, 6.45) is 1.61. The van der Waals surface area contributed by atoms with Gasteiger partial charge in [-0.3, -0.25) is 4.79 Å². The van der Waals surface area contributed by atoms with E-state index in [-0.39, 0.29) is 18.1 Å². The number of nitrogens with zero attached hydrogens (tertiary/aromatic N) is 1. The van der Waals surface area contributed by atoms with E-state index in [1.165, 1.54) is 12.3 Å². The largest absolute Gasteiger partial charge is 0.507 e. The lowest BCUT2D eigenvalue weighted by Gasteiger charge is -2.07. The van der Waals surface area contributed by atoms with E-state index in [0.717, 1.165) is 20.8 Å². The molecule has 3 rings (SSSR count). The molecule has 0 spiro atoms. The van der Waals surface area contributed by atoms with Gasteiger partial charge < -0.3 is 9.84 Å². The van der Waals surface area contributed by atoms with E-state index >= 15 is 0 Å². The number of carbonyl (C=O) groups excluding carboxylic acids is 1. The van der Waals surface area contributed by atoms with E-state index in [2.05, 4.69) is 26.5 Å². The molecule has 0 atom stereocenters. The fourth-order valence-electron chi connectivity index (χ4n) is 2.75. The van der Waals surface area contributed by atoms with Gasteiger partial charge in [0.05, 0.1) is 19.2 Å². The minimum Gasteiger partial charge on any atom is -0.507 e. The zero-order valence-corrected chi connectivity index (χ0v) is 16.4. The van der Waals surface area contributed by atoms with Gasteiger partial charge in [-0.1, -0.05) is 46.3 Å². The van der Waals surface area contributed by atoms with Gasteiger partial charge in [0.25, 0.3) is 0 Å². The van der Waals surface area contributed by atoms with Crippen LogP contribution in [0.1, 0.15) is 18.1 Å². The molecule has 138 valence electrons. The van der Waals surface area contributed by atoms with Crippen LogP contribution in [0, 0.1) is 0 Å². The number of rotatable bonds is 6. The maximum atomic E-state index is 12.2. The van der Waals surface area contributed by atoms with Crippen molar-refractivity contribution in [2.75, 3.05) is 6.61 Å². The molecule has 0 radical (unpaired) electrons. The average molecular weight is 427 g/mol. The normalized spacial score (nSPS) is 11.0. The number of ether oxygens (including phenoxy) is 1. The van der Waals surface area contributed by atoms with Crippen molar-refractivity contribution in [1.29, 1.82) is 0 Å². The summed E-state index contributed by atoms with van der Waals surface area (Å²) < 4.78 is 6.31. The Labute approximate surface area is 165 Å². The summed E-state index contributed by atoms with van der Waals surface area (Å²) >= 11 is 3.53. The van der Waals surface area contributed by atoms with E-state index in [0.29, 0.717) is 17.9 Å². The topological polar surface area (TPSA) is 70.9 Å². The van der Waals surface area contributed by atoms with Crippen molar-refractivity contribution >= 4 is 38.8 Å². The van der Waals surface area contributed by atoms with Crippen molar-refractivity contribution in [2.24, 2.45) is 5.10 Å². The molecule has 0 fully saturated rings. The standard InChI is InChI=1S/C21H19BrN2O3/c1-2-27-16-9-7-15(20(25)12-16)13-23-24-21(26)11-14-8-10-19(22)18-6-4-3-5-17(14)18/h3-10,12-13,25H,2,11H2,1H3,(H,24,26)/b23-13-. The second-order valence-corrected chi connectivity index (χ2v) is 6.73. The van der Waals surface area contributed by atoms with Crippen molar-refractivity contribution in [2.45, 2.75) is 13.3 Å². The number of hydrogen-bond acceptors (Lipinski definition) is 4. The molecule has 1 amide bonds. The molecule has 5 nitrogen and oxygen atoms in total. The fraction of sp³-hybridized carbons (Fsp3) is 0.143. The third-order valence-electron chi connectivity index (χ3n) is 4.02. The monoisotopic (exact) mass is 426 g/mol. The molecule has 0 unspecified atom stereocenters. The second-order valence-electron chi connectivity index (χ2n) is 5.88. The van der Waals surface area contributed by atoms with Gasteiger partial charge in [0.2, 0.25) is 5.91 Å². The summed E-state index contributed by atoms with van der Waals surface area (Å²) in [6.45, 7) is 2.39. The Morgan fingerprint density at radius 1 is 1.19 bits per heavy atom. The zero-order chi connectivity index (χ0) is 19.2. The highest BCUT2D eigenvalue weighted by Gasteiger charge is 2.08. The van der Waals surface area contributed by atoms with Gasteiger partial charge in [-0.15, -0.1) is 0 Å². The highest BCUT2D eigenvalue weighted by atomic mass is 79.9. The van der Waals surface area contributed by atoms with Gasteiger partial charge in [-0.2, -0.15) is 5.10 Å². The predicted octanol–water partition coefficient (Wildman–Crippen LogP) is 4.40. The number of carbonyl (C=O) groups is 1. The van der Waals surface area contributed by atoms with Crippen LogP contribution < -0.4 is 10.2 Å². The highest BCUT2D eigenvalue weighted by molar-refractivity contribution is 9.10. The van der Waals surface area contributed by atoms with Crippen LogP contribution in [0.3, 0.4) is 0 Å². The molecular formula is C21H19BrN2O3. The van der Waals surface area contributed by atoms with Crippen LogP contribution in [0.2, 0.25) is 0 Å². The van der Waals surface area contributed by atoms with Gasteiger partial charge in [0.1, 0.15) is 11.5 Å². The number of benzene rings is 3. The smallest absolute Gasteiger partial charge is 0.244 e. The predicted molar refractivity (Wildman–Crippen MR) is 110 cm³/mol. The van der Waals surface area contributed by atoms with Gasteiger partial charge in [-0.25, -0.2) is 5.43 Å². The number of halogens is 1. The first-order valence-corrected chi connectivity index (χ1v) is 9.31. The number of aromatic hydroxyl groups is 1. The molecule has 0 heterocycles. The van der Waals surface area contributed by atoms with Gasteiger partial charge in [-0.05, 0) is 41.5 Å². The summed E-state index contributed by atoms with van der Waals surface area (Å²) in [6, 6.07) is 16.7. The number of phenols is 1. The maximum absolute atomic E-state index is 12.2. The van der Waals surface area contributed by atoms with E-state index in [1.54, 1.807) is 12.1 Å². The molecule has 27 heavy (non-hydrogen) atoms. The summed E-state index contributed by atoms with van der Waals surface area (Å²) in [7, 11) is 0. The fourth-order valence-corrected chi connectivity index (χ4v) is 3.23. The molecule has 3 aromatic carbocycles. The number of amides is 1. The quantitative estimate of drug-likeness (QED) is 0.453. The van der Waals surface area contributed by atoms with Gasteiger partial charge >= 0.3 is 0 Å². The number of phenolic OH excluding ortho intramolecular Hbond substituents is 1. The summed E-state index contributed by atoms with van der Waals surface area (Å²) in [4.78, 5) is 12.2. The minimum atomic E-state index is -0.232. The van der Waals surface area contributed by atoms with Crippen LogP contribution in [0.4, 0.5) is 0 Å². The van der Waals surface area contributed by atoms with Gasteiger partial charge in [0.15, 0.2) is 0 Å². The van der Waals surface area contributed by atoms with Gasteiger partial charge in [0, 0.05) is 16.1 Å². The van der Waals surface area contributed by atoms with Crippen LogP contribution in [0.5, 0.6) is 11.5 Å². The highest BCUT2D eigenvalue weighted by Crippen LogP contribution is 2.27. The van der Waals surface area contributed by atoms with Crippen molar-refractivity contribution in [3.05, 3.63) is 70.2 Å². The Hall–Kier alpha value is -2.86. The third kappa shape index (κ3) is 4.65. The van der Waals surface area contributed by atoms with E-state index < -0.39 is 0 Å². The van der Waals surface area contributed by atoms with Crippen molar-refractivity contribution in [3.8, 4) is 11.5 Å². The van der Waals surface area contributed by atoms with E-state index in [9.17, 15) is 9.90 Å². The molecule has 0 saturated heterocycles. The van der Waals surface area contributed by atoms with Crippen LogP contribution in [0.25, 0.3) is 10.8 Å². The Balaban J connectivity index is 1.67. The first-order valence-electron chi connectivity index (χ1n) is 8.52.